The lowest BCUT2D eigenvalue weighted by Crippen LogP contribution is -2.41. The largest absolute Gasteiger partial charge is 0.509 e. The summed E-state index contributed by atoms with van der Waals surface area (Å²) in [7, 11) is 0. The van der Waals surface area contributed by atoms with Gasteiger partial charge >= 0.3 is 0 Å². The van der Waals surface area contributed by atoms with Gasteiger partial charge in [0.05, 0.1) is 6.04 Å². The molecule has 1 atom stereocenters. The minimum Gasteiger partial charge on any atom is -0.509 e. The summed E-state index contributed by atoms with van der Waals surface area (Å²) >= 11 is 0. The molecule has 25 heavy (non-hydrogen) atoms. The highest BCUT2D eigenvalue weighted by molar-refractivity contribution is 6.24. The highest BCUT2D eigenvalue weighted by atomic mass is 16.3. The molecule has 0 aromatic heterocycles. The molecule has 1 rings (SSSR count). The molecule has 0 aromatic carbocycles. The van der Waals surface area contributed by atoms with Crippen LogP contribution in [0.1, 0.15) is 72.6 Å². The number of aliphatic hydroxyl groups is 1. The lowest BCUT2D eigenvalue weighted by molar-refractivity contribution is -0.140. The van der Waals surface area contributed by atoms with E-state index in [9.17, 15) is 19.5 Å². The van der Waals surface area contributed by atoms with E-state index in [1.54, 1.807) is 6.08 Å². The number of ketones is 1. The van der Waals surface area contributed by atoms with Crippen LogP contribution in [0.4, 0.5) is 0 Å². The molecule has 1 N–H and O–H groups in total. The van der Waals surface area contributed by atoms with Gasteiger partial charge in [0.1, 0.15) is 11.3 Å². The monoisotopic (exact) mass is 349 g/mol. The van der Waals surface area contributed by atoms with Crippen LogP contribution in [0, 0.1) is 5.92 Å². The van der Waals surface area contributed by atoms with E-state index in [1.807, 2.05) is 13.8 Å². The molecule has 0 fully saturated rings. The summed E-state index contributed by atoms with van der Waals surface area (Å²) in [6.07, 6.45) is 10.1. The maximum Gasteiger partial charge on any atom is 0.268 e. The SMILES string of the molecule is CCCCCCCC=CC(=O)N1C(=O)C(C(C)=O)=C(O)[C@H]1CC(C)C. The molecule has 0 aliphatic carbocycles. The molecule has 5 nitrogen and oxygen atoms in total. The number of amides is 2. The molecule has 1 heterocycles. The van der Waals surface area contributed by atoms with E-state index in [2.05, 4.69) is 6.92 Å². The summed E-state index contributed by atoms with van der Waals surface area (Å²) in [6, 6.07) is -0.742. The number of carbonyl (C=O) groups excluding carboxylic acids is 3. The van der Waals surface area contributed by atoms with Crippen LogP contribution in [-0.4, -0.2) is 33.6 Å². The third-order valence-electron chi connectivity index (χ3n) is 4.34. The zero-order valence-corrected chi connectivity index (χ0v) is 15.9. The summed E-state index contributed by atoms with van der Waals surface area (Å²) in [5.74, 6) is -1.76. The number of imide groups is 1. The summed E-state index contributed by atoms with van der Waals surface area (Å²) in [5, 5.41) is 10.3. The van der Waals surface area contributed by atoms with E-state index in [-0.39, 0.29) is 17.3 Å². The van der Waals surface area contributed by atoms with Gasteiger partial charge in [0.25, 0.3) is 11.8 Å². The second kappa shape index (κ2) is 10.2. The quantitative estimate of drug-likeness (QED) is 0.366. The normalized spacial score (nSPS) is 18.0. The second-order valence-electron chi connectivity index (χ2n) is 7.08. The number of allylic oxidation sites excluding steroid dienone is 1. The summed E-state index contributed by atoms with van der Waals surface area (Å²) < 4.78 is 0. The lowest BCUT2D eigenvalue weighted by Gasteiger charge is -2.23. The fourth-order valence-corrected chi connectivity index (χ4v) is 3.04. The maximum absolute atomic E-state index is 12.5. The van der Waals surface area contributed by atoms with E-state index in [1.165, 1.54) is 32.3 Å². The van der Waals surface area contributed by atoms with Crippen molar-refractivity contribution in [2.45, 2.75) is 78.7 Å². The third kappa shape index (κ3) is 5.83. The molecular weight excluding hydrogens is 318 g/mol. The third-order valence-corrected chi connectivity index (χ3v) is 4.34. The lowest BCUT2D eigenvalue weighted by atomic mass is 10.0. The van der Waals surface area contributed by atoms with Crippen LogP contribution in [0.15, 0.2) is 23.5 Å². The van der Waals surface area contributed by atoms with Crippen molar-refractivity contribution >= 4 is 17.6 Å². The van der Waals surface area contributed by atoms with Crippen LogP contribution in [0.5, 0.6) is 0 Å². The Morgan fingerprint density at radius 3 is 2.40 bits per heavy atom. The van der Waals surface area contributed by atoms with E-state index in [0.717, 1.165) is 24.2 Å². The summed E-state index contributed by atoms with van der Waals surface area (Å²) in [5.41, 5.74) is -0.257. The van der Waals surface area contributed by atoms with Crippen molar-refractivity contribution in [3.05, 3.63) is 23.5 Å². The van der Waals surface area contributed by atoms with Crippen molar-refractivity contribution in [2.75, 3.05) is 0 Å². The number of carbonyl (C=O) groups is 3. The predicted molar refractivity (Wildman–Crippen MR) is 97.9 cm³/mol. The standard InChI is InChI=1S/C20H31NO4/c1-5-6-7-8-9-10-11-12-17(23)21-16(13-14(2)3)19(24)18(15(4)22)20(21)25/h11-12,14,16,24H,5-10,13H2,1-4H3/t16-/m1/s1. The molecule has 0 aromatic rings. The molecule has 0 saturated heterocycles. The van der Waals surface area contributed by atoms with Crippen molar-refractivity contribution in [3.63, 3.8) is 0 Å². The molecule has 1 aliphatic heterocycles. The Labute approximate surface area is 150 Å². The van der Waals surface area contributed by atoms with Crippen molar-refractivity contribution < 1.29 is 19.5 Å². The smallest absolute Gasteiger partial charge is 0.268 e. The highest BCUT2D eigenvalue weighted by Gasteiger charge is 2.44. The first-order valence-corrected chi connectivity index (χ1v) is 9.29. The van der Waals surface area contributed by atoms with Crippen molar-refractivity contribution in [1.29, 1.82) is 0 Å². The number of Topliss-reactive ketones (excluding diaryl/α,β-unsaturated/α-hetero) is 1. The fourth-order valence-electron chi connectivity index (χ4n) is 3.04. The van der Waals surface area contributed by atoms with E-state index in [4.69, 9.17) is 0 Å². The molecule has 0 unspecified atom stereocenters. The molecule has 0 spiro atoms. The van der Waals surface area contributed by atoms with Crippen molar-refractivity contribution in [3.8, 4) is 0 Å². The molecule has 0 bridgehead atoms. The van der Waals surface area contributed by atoms with E-state index < -0.39 is 23.6 Å². The first-order valence-electron chi connectivity index (χ1n) is 9.29. The first-order chi connectivity index (χ1) is 11.8. The zero-order valence-electron chi connectivity index (χ0n) is 15.9. The Kier molecular flexibility index (Phi) is 8.59. The Morgan fingerprint density at radius 2 is 1.84 bits per heavy atom. The fraction of sp³-hybridized carbons (Fsp3) is 0.650. The molecule has 1 aliphatic rings. The molecule has 0 saturated carbocycles. The minimum atomic E-state index is -0.742. The Balaban J connectivity index is 2.75. The molecule has 2 amide bonds. The number of unbranched alkanes of at least 4 members (excludes halogenated alkanes) is 5. The van der Waals surface area contributed by atoms with E-state index in [0.29, 0.717) is 6.42 Å². The maximum atomic E-state index is 12.5. The van der Waals surface area contributed by atoms with Crippen LogP contribution in [0.2, 0.25) is 0 Å². The van der Waals surface area contributed by atoms with Crippen LogP contribution in [-0.2, 0) is 14.4 Å². The average Bonchev–Trinajstić information content (AvgIpc) is 2.76. The predicted octanol–water partition coefficient (Wildman–Crippen LogP) is 4.09. The second-order valence-corrected chi connectivity index (χ2v) is 7.08. The zero-order chi connectivity index (χ0) is 19.0. The number of hydrogen-bond acceptors (Lipinski definition) is 4. The number of hydrogen-bond donors (Lipinski definition) is 1. The van der Waals surface area contributed by atoms with Gasteiger partial charge in [0, 0.05) is 0 Å². The highest BCUT2D eigenvalue weighted by Crippen LogP contribution is 2.29. The van der Waals surface area contributed by atoms with Crippen molar-refractivity contribution in [2.24, 2.45) is 5.92 Å². The molecular formula is C20H31NO4. The molecule has 140 valence electrons. The Morgan fingerprint density at radius 1 is 1.20 bits per heavy atom. The Hall–Kier alpha value is -1.91. The molecule has 5 heteroatoms. The Bertz CT molecular complexity index is 560. The van der Waals surface area contributed by atoms with Gasteiger partial charge in [-0.1, -0.05) is 52.5 Å². The molecule has 0 radical (unpaired) electrons. The van der Waals surface area contributed by atoms with Crippen LogP contribution >= 0.6 is 0 Å². The van der Waals surface area contributed by atoms with Gasteiger partial charge < -0.3 is 5.11 Å². The van der Waals surface area contributed by atoms with E-state index >= 15 is 0 Å². The van der Waals surface area contributed by atoms with Gasteiger partial charge in [0.2, 0.25) is 0 Å². The minimum absolute atomic E-state index is 0.170. The van der Waals surface area contributed by atoms with Crippen LogP contribution in [0.25, 0.3) is 0 Å². The number of aliphatic hydroxyl groups excluding tert-OH is 1. The van der Waals surface area contributed by atoms with Crippen molar-refractivity contribution in [1.82, 2.24) is 4.90 Å². The number of rotatable bonds is 10. The summed E-state index contributed by atoms with van der Waals surface area (Å²) in [4.78, 5) is 37.6. The van der Waals surface area contributed by atoms with Gasteiger partial charge in [-0.2, -0.15) is 0 Å². The van der Waals surface area contributed by atoms with Gasteiger partial charge in [-0.25, -0.2) is 0 Å². The summed E-state index contributed by atoms with van der Waals surface area (Å²) in [6.45, 7) is 7.28. The van der Waals surface area contributed by atoms with Gasteiger partial charge in [-0.05, 0) is 38.2 Å². The number of nitrogens with zero attached hydrogens (tertiary/aromatic N) is 1. The van der Waals surface area contributed by atoms with Gasteiger partial charge in [-0.3, -0.25) is 19.3 Å². The van der Waals surface area contributed by atoms with Crippen LogP contribution in [0.3, 0.4) is 0 Å². The first kappa shape index (κ1) is 21.1. The average molecular weight is 349 g/mol. The topological polar surface area (TPSA) is 74.7 Å². The van der Waals surface area contributed by atoms with Gasteiger partial charge in [0.15, 0.2) is 5.78 Å². The van der Waals surface area contributed by atoms with Crippen LogP contribution < -0.4 is 0 Å². The van der Waals surface area contributed by atoms with Gasteiger partial charge in [-0.15, -0.1) is 0 Å².